The second kappa shape index (κ2) is 5.40. The highest BCUT2D eigenvalue weighted by molar-refractivity contribution is 8.00. The smallest absolute Gasteiger partial charge is 0.322 e. The second-order valence-corrected chi connectivity index (χ2v) is 6.81. The molecule has 19 heavy (non-hydrogen) atoms. The molecule has 1 aromatic rings. The predicted octanol–water partition coefficient (Wildman–Crippen LogP) is 0.843. The van der Waals surface area contributed by atoms with Crippen molar-refractivity contribution in [2.24, 2.45) is 0 Å². The number of nitrogens with zero attached hydrogens (tertiary/aromatic N) is 1. The Balaban J connectivity index is 2.33. The van der Waals surface area contributed by atoms with Crippen molar-refractivity contribution in [3.63, 3.8) is 0 Å². The third-order valence-corrected chi connectivity index (χ3v) is 5.84. The average molecular weight is 303 g/mol. The lowest BCUT2D eigenvalue weighted by Gasteiger charge is -2.20. The molecule has 0 unspecified atom stereocenters. The van der Waals surface area contributed by atoms with Gasteiger partial charge in [0, 0.05) is 5.75 Å². The molecule has 0 spiro atoms. The Morgan fingerprint density at radius 2 is 2.05 bits per heavy atom. The minimum Gasteiger partial charge on any atom is -0.497 e. The summed E-state index contributed by atoms with van der Waals surface area (Å²) < 4.78 is 30.7. The molecule has 104 valence electrons. The molecule has 1 saturated heterocycles. The van der Waals surface area contributed by atoms with Gasteiger partial charge in [-0.1, -0.05) is 0 Å². The minimum absolute atomic E-state index is 0.0713. The zero-order valence-electron chi connectivity index (χ0n) is 10.1. The number of ether oxygens (including phenoxy) is 1. The summed E-state index contributed by atoms with van der Waals surface area (Å²) in [4.78, 5) is 11.1. The highest BCUT2D eigenvalue weighted by Gasteiger charge is 2.39. The molecular weight excluding hydrogens is 290 g/mol. The molecule has 0 aromatic heterocycles. The fourth-order valence-corrected chi connectivity index (χ4v) is 4.88. The maximum Gasteiger partial charge on any atom is 0.322 e. The van der Waals surface area contributed by atoms with E-state index in [9.17, 15) is 13.2 Å². The zero-order chi connectivity index (χ0) is 14.0. The first kappa shape index (κ1) is 14.2. The van der Waals surface area contributed by atoms with Crippen LogP contribution in [0.25, 0.3) is 0 Å². The van der Waals surface area contributed by atoms with Crippen molar-refractivity contribution < 1.29 is 23.1 Å². The van der Waals surface area contributed by atoms with E-state index < -0.39 is 22.0 Å². The number of hydrogen-bond donors (Lipinski definition) is 1. The first-order chi connectivity index (χ1) is 8.96. The summed E-state index contributed by atoms with van der Waals surface area (Å²) in [5, 5.41) is 9.04. The maximum absolute atomic E-state index is 12.4. The Hall–Kier alpha value is -1.25. The number of hydrogen-bond acceptors (Lipinski definition) is 5. The van der Waals surface area contributed by atoms with Crippen molar-refractivity contribution in [3.8, 4) is 5.75 Å². The number of methoxy groups -OCH3 is 1. The van der Waals surface area contributed by atoms with Gasteiger partial charge in [0.05, 0.1) is 17.9 Å². The van der Waals surface area contributed by atoms with Crippen LogP contribution >= 0.6 is 11.8 Å². The van der Waals surface area contributed by atoms with Gasteiger partial charge in [-0.2, -0.15) is 4.31 Å². The van der Waals surface area contributed by atoms with Gasteiger partial charge in [-0.15, -0.1) is 11.8 Å². The second-order valence-electron chi connectivity index (χ2n) is 3.92. The van der Waals surface area contributed by atoms with E-state index >= 15 is 0 Å². The van der Waals surface area contributed by atoms with Crippen LogP contribution in [0, 0.1) is 0 Å². The van der Waals surface area contributed by atoms with Gasteiger partial charge >= 0.3 is 5.97 Å². The molecule has 6 nitrogen and oxygen atoms in total. The maximum atomic E-state index is 12.4. The SMILES string of the molecule is COc1ccc(S(=O)(=O)N2CSC[C@@H]2C(=O)O)cc1. The number of carbonyl (C=O) groups is 1. The molecule has 1 aromatic carbocycles. The number of carboxylic acids is 1. The molecule has 1 aliphatic rings. The van der Waals surface area contributed by atoms with Crippen LogP contribution in [0.15, 0.2) is 29.2 Å². The van der Waals surface area contributed by atoms with Crippen molar-refractivity contribution in [3.05, 3.63) is 24.3 Å². The van der Waals surface area contributed by atoms with Crippen LogP contribution in [-0.2, 0) is 14.8 Å². The van der Waals surface area contributed by atoms with Gasteiger partial charge in [0.2, 0.25) is 10.0 Å². The largest absolute Gasteiger partial charge is 0.497 e. The molecule has 1 aliphatic heterocycles. The van der Waals surface area contributed by atoms with Crippen LogP contribution in [0.1, 0.15) is 0 Å². The summed E-state index contributed by atoms with van der Waals surface area (Å²) in [5.41, 5.74) is 0. The molecule has 8 heteroatoms. The van der Waals surface area contributed by atoms with Gasteiger partial charge in [0.15, 0.2) is 0 Å². The topological polar surface area (TPSA) is 83.9 Å². The van der Waals surface area contributed by atoms with Crippen molar-refractivity contribution in [1.29, 1.82) is 0 Å². The van der Waals surface area contributed by atoms with Crippen LogP contribution in [0.5, 0.6) is 5.75 Å². The molecule has 1 heterocycles. The molecule has 1 atom stereocenters. The highest BCUT2D eigenvalue weighted by Crippen LogP contribution is 2.29. The molecule has 2 rings (SSSR count). The van der Waals surface area contributed by atoms with Crippen molar-refractivity contribution in [2.75, 3.05) is 18.7 Å². The quantitative estimate of drug-likeness (QED) is 0.887. The van der Waals surface area contributed by atoms with Gasteiger partial charge in [0.25, 0.3) is 0 Å². The van der Waals surface area contributed by atoms with Crippen LogP contribution in [0.2, 0.25) is 0 Å². The normalized spacial score (nSPS) is 20.4. The Kier molecular flexibility index (Phi) is 4.02. The first-order valence-corrected chi connectivity index (χ1v) is 8.02. The van der Waals surface area contributed by atoms with Gasteiger partial charge in [0.1, 0.15) is 11.8 Å². The van der Waals surface area contributed by atoms with E-state index in [1.165, 1.54) is 43.1 Å². The number of benzene rings is 1. The van der Waals surface area contributed by atoms with E-state index in [1.807, 2.05) is 0 Å². The zero-order valence-corrected chi connectivity index (χ0v) is 11.8. The third kappa shape index (κ3) is 2.70. The third-order valence-electron chi connectivity index (χ3n) is 2.79. The molecule has 1 fully saturated rings. The lowest BCUT2D eigenvalue weighted by atomic mass is 10.3. The molecule has 0 saturated carbocycles. The molecular formula is C11H13NO5S2. The van der Waals surface area contributed by atoms with E-state index in [-0.39, 0.29) is 16.5 Å². The van der Waals surface area contributed by atoms with Gasteiger partial charge in [-0.3, -0.25) is 4.79 Å². The lowest BCUT2D eigenvalue weighted by molar-refractivity contribution is -0.140. The molecule has 0 aliphatic carbocycles. The summed E-state index contributed by atoms with van der Waals surface area (Å²) in [6.45, 7) is 0. The molecule has 0 bridgehead atoms. The summed E-state index contributed by atoms with van der Waals surface area (Å²) >= 11 is 1.29. The van der Waals surface area contributed by atoms with Crippen LogP contribution in [0.4, 0.5) is 0 Å². The van der Waals surface area contributed by atoms with E-state index in [0.29, 0.717) is 5.75 Å². The van der Waals surface area contributed by atoms with Crippen molar-refractivity contribution >= 4 is 27.8 Å². The monoisotopic (exact) mass is 303 g/mol. The predicted molar refractivity (Wildman–Crippen MR) is 70.8 cm³/mol. The highest BCUT2D eigenvalue weighted by atomic mass is 32.2. The standard InChI is InChI=1S/C11H13NO5S2/c1-17-8-2-4-9(5-3-8)19(15,16)12-7-18-6-10(12)11(13)14/h2-5,10H,6-7H2,1H3,(H,13,14)/t10-/m1/s1. The number of carboxylic acid groups (broad SMARTS) is 1. The summed E-state index contributed by atoms with van der Waals surface area (Å²) in [5.74, 6) is -0.151. The van der Waals surface area contributed by atoms with Crippen LogP contribution in [0.3, 0.4) is 0 Å². The molecule has 0 amide bonds. The van der Waals surface area contributed by atoms with Crippen molar-refractivity contribution in [1.82, 2.24) is 4.31 Å². The van der Waals surface area contributed by atoms with Crippen LogP contribution in [-0.4, -0.2) is 48.6 Å². The molecule has 0 radical (unpaired) electrons. The number of sulfonamides is 1. The Labute approximate surface area is 115 Å². The van der Waals surface area contributed by atoms with E-state index in [2.05, 4.69) is 0 Å². The van der Waals surface area contributed by atoms with Crippen LogP contribution < -0.4 is 4.74 Å². The Bertz CT molecular complexity index is 569. The first-order valence-electron chi connectivity index (χ1n) is 5.43. The Morgan fingerprint density at radius 3 is 2.58 bits per heavy atom. The number of rotatable bonds is 4. The van der Waals surface area contributed by atoms with E-state index in [1.54, 1.807) is 0 Å². The molecule has 1 N–H and O–H groups in total. The summed E-state index contributed by atoms with van der Waals surface area (Å²) in [6.07, 6.45) is 0. The number of thioether (sulfide) groups is 1. The Morgan fingerprint density at radius 1 is 1.42 bits per heavy atom. The fourth-order valence-electron chi connectivity index (χ4n) is 1.74. The summed E-state index contributed by atoms with van der Waals surface area (Å²) in [7, 11) is -2.29. The minimum atomic E-state index is -3.78. The van der Waals surface area contributed by atoms with Crippen molar-refractivity contribution in [2.45, 2.75) is 10.9 Å². The summed E-state index contributed by atoms with van der Waals surface area (Å²) in [6, 6.07) is 4.89. The van der Waals surface area contributed by atoms with Gasteiger partial charge < -0.3 is 9.84 Å². The van der Waals surface area contributed by atoms with E-state index in [0.717, 1.165) is 4.31 Å². The lowest BCUT2D eigenvalue weighted by Crippen LogP contribution is -2.41. The average Bonchev–Trinajstić information content (AvgIpc) is 2.89. The fraction of sp³-hybridized carbons (Fsp3) is 0.364. The van der Waals surface area contributed by atoms with Gasteiger partial charge in [-0.05, 0) is 24.3 Å². The van der Waals surface area contributed by atoms with Gasteiger partial charge in [-0.25, -0.2) is 8.42 Å². The number of aliphatic carboxylic acids is 1. The van der Waals surface area contributed by atoms with E-state index in [4.69, 9.17) is 9.84 Å².